The fraction of sp³-hybridized carbons (Fsp3) is 0.476. The van der Waals surface area contributed by atoms with E-state index in [1.165, 1.54) is 0 Å². The first kappa shape index (κ1) is 19.7. The van der Waals surface area contributed by atoms with Crippen molar-refractivity contribution in [3.8, 4) is 11.3 Å². The monoisotopic (exact) mass is 428 g/mol. The maximum absolute atomic E-state index is 9.99. The van der Waals surface area contributed by atoms with Gasteiger partial charge in [0.2, 0.25) is 0 Å². The molecule has 2 aliphatic heterocycles. The molecule has 0 unspecified atom stereocenters. The molecule has 1 spiro atoms. The van der Waals surface area contributed by atoms with E-state index in [1.54, 1.807) is 12.4 Å². The number of H-pyrrole nitrogens is 1. The van der Waals surface area contributed by atoms with E-state index in [9.17, 15) is 5.11 Å². The molecule has 4 N–H and O–H groups in total. The lowest BCUT2D eigenvalue weighted by atomic mass is 9.73. The van der Waals surface area contributed by atoms with Crippen LogP contribution in [0.2, 0.25) is 5.02 Å². The minimum absolute atomic E-state index is 0.0374. The highest BCUT2D eigenvalue weighted by atomic mass is 35.5. The van der Waals surface area contributed by atoms with Gasteiger partial charge in [0.1, 0.15) is 5.69 Å². The molecule has 3 aromatic rings. The van der Waals surface area contributed by atoms with Crippen molar-refractivity contribution in [3.05, 3.63) is 35.2 Å². The summed E-state index contributed by atoms with van der Waals surface area (Å²) in [6, 6.07) is 3.81. The van der Waals surface area contributed by atoms with Crippen LogP contribution in [-0.4, -0.2) is 57.1 Å². The van der Waals surface area contributed by atoms with Crippen LogP contribution < -0.4 is 10.6 Å². The van der Waals surface area contributed by atoms with Crippen LogP contribution in [0.3, 0.4) is 0 Å². The molecule has 2 aromatic heterocycles. The van der Waals surface area contributed by atoms with E-state index in [4.69, 9.17) is 22.1 Å². The molecule has 5 rings (SSSR count). The Labute approximate surface area is 179 Å². The van der Waals surface area contributed by atoms with Gasteiger partial charge in [-0.05, 0) is 31.9 Å². The van der Waals surface area contributed by atoms with Crippen LogP contribution >= 0.6 is 11.6 Å². The molecule has 2 aliphatic rings. The number of nitrogens with one attached hydrogen (secondary N) is 1. The molecule has 0 amide bonds. The predicted molar refractivity (Wildman–Crippen MR) is 115 cm³/mol. The van der Waals surface area contributed by atoms with E-state index >= 15 is 0 Å². The van der Waals surface area contributed by atoms with Gasteiger partial charge in [-0.25, -0.2) is 9.97 Å². The van der Waals surface area contributed by atoms with E-state index in [2.05, 4.69) is 25.1 Å². The van der Waals surface area contributed by atoms with Crippen LogP contribution in [0, 0.1) is 5.41 Å². The van der Waals surface area contributed by atoms with Crippen LogP contribution in [0.5, 0.6) is 0 Å². The first-order chi connectivity index (χ1) is 14.5. The number of aromatic nitrogens is 4. The second-order valence-corrected chi connectivity index (χ2v) is 8.77. The number of nitrogens with zero attached hydrogens (tertiary/aromatic N) is 4. The number of benzene rings is 1. The molecule has 0 aliphatic carbocycles. The van der Waals surface area contributed by atoms with Crippen molar-refractivity contribution >= 4 is 28.3 Å². The Bertz CT molecular complexity index is 1080. The van der Waals surface area contributed by atoms with Gasteiger partial charge in [-0.15, -0.1) is 0 Å². The van der Waals surface area contributed by atoms with Crippen molar-refractivity contribution in [1.82, 2.24) is 20.2 Å². The van der Waals surface area contributed by atoms with Gasteiger partial charge in [0.15, 0.2) is 5.82 Å². The summed E-state index contributed by atoms with van der Waals surface area (Å²) < 4.78 is 5.81. The zero-order valence-corrected chi connectivity index (χ0v) is 17.6. The molecular weight excluding hydrogens is 404 g/mol. The Morgan fingerprint density at radius 1 is 1.33 bits per heavy atom. The van der Waals surface area contributed by atoms with Crippen molar-refractivity contribution < 1.29 is 9.84 Å². The number of piperidine rings is 1. The number of aromatic amines is 1. The number of hydrogen-bond donors (Lipinski definition) is 3. The second-order valence-electron chi connectivity index (χ2n) is 8.36. The molecule has 2 saturated heterocycles. The van der Waals surface area contributed by atoms with Crippen LogP contribution in [-0.2, 0) is 11.3 Å². The van der Waals surface area contributed by atoms with Crippen LogP contribution in [0.15, 0.2) is 24.5 Å². The molecule has 8 nitrogen and oxygen atoms in total. The van der Waals surface area contributed by atoms with Gasteiger partial charge < -0.3 is 20.5 Å². The van der Waals surface area contributed by atoms with Crippen molar-refractivity contribution in [2.45, 2.75) is 38.5 Å². The number of fused-ring (bicyclic) bond motifs is 1. The zero-order chi connectivity index (χ0) is 20.9. The van der Waals surface area contributed by atoms with Gasteiger partial charge in [-0.1, -0.05) is 11.6 Å². The third-order valence-electron chi connectivity index (χ3n) is 6.68. The average molecular weight is 429 g/mol. The summed E-state index contributed by atoms with van der Waals surface area (Å²) in [6.07, 6.45) is 5.42. The maximum Gasteiger partial charge on any atom is 0.152 e. The highest BCUT2D eigenvalue weighted by Crippen LogP contribution is 2.42. The Morgan fingerprint density at radius 2 is 2.13 bits per heavy atom. The Hall–Kier alpha value is -2.26. The van der Waals surface area contributed by atoms with Crippen molar-refractivity contribution in [2.75, 3.05) is 24.6 Å². The summed E-state index contributed by atoms with van der Waals surface area (Å²) >= 11 is 6.47. The van der Waals surface area contributed by atoms with E-state index in [0.717, 1.165) is 54.8 Å². The normalized spacial score (nSPS) is 23.5. The van der Waals surface area contributed by atoms with Crippen molar-refractivity contribution in [1.29, 1.82) is 0 Å². The van der Waals surface area contributed by atoms with Crippen LogP contribution in [0.25, 0.3) is 22.2 Å². The minimum atomic E-state index is -0.193. The van der Waals surface area contributed by atoms with Gasteiger partial charge in [0.25, 0.3) is 0 Å². The van der Waals surface area contributed by atoms with E-state index in [1.807, 2.05) is 19.1 Å². The third kappa shape index (κ3) is 3.15. The average Bonchev–Trinajstić information content (AvgIpc) is 3.33. The van der Waals surface area contributed by atoms with Crippen LogP contribution in [0.4, 0.5) is 5.82 Å². The van der Waals surface area contributed by atoms with E-state index < -0.39 is 0 Å². The molecule has 0 saturated carbocycles. The highest BCUT2D eigenvalue weighted by molar-refractivity contribution is 6.34. The maximum atomic E-state index is 9.99. The first-order valence-electron chi connectivity index (χ1n) is 10.2. The topological polar surface area (TPSA) is 113 Å². The largest absolute Gasteiger partial charge is 0.390 e. The summed E-state index contributed by atoms with van der Waals surface area (Å²) in [5.41, 5.74) is 9.26. The lowest BCUT2D eigenvalue weighted by Gasteiger charge is -2.41. The summed E-state index contributed by atoms with van der Waals surface area (Å²) in [7, 11) is 0. The smallest absolute Gasteiger partial charge is 0.152 e. The quantitative estimate of drug-likeness (QED) is 0.587. The van der Waals surface area contributed by atoms with E-state index in [0.29, 0.717) is 16.4 Å². The molecular formula is C21H25ClN6O2. The molecule has 4 heterocycles. The molecule has 0 radical (unpaired) electrons. The number of halogens is 1. The summed E-state index contributed by atoms with van der Waals surface area (Å²) in [5.74, 6) is 0.718. The molecule has 0 bridgehead atoms. The molecule has 2 fully saturated rings. The van der Waals surface area contributed by atoms with Gasteiger partial charge in [0, 0.05) is 35.5 Å². The van der Waals surface area contributed by atoms with Gasteiger partial charge >= 0.3 is 0 Å². The molecule has 30 heavy (non-hydrogen) atoms. The van der Waals surface area contributed by atoms with Gasteiger partial charge in [0.05, 0.1) is 47.9 Å². The van der Waals surface area contributed by atoms with Crippen molar-refractivity contribution in [3.63, 3.8) is 0 Å². The fourth-order valence-electron chi connectivity index (χ4n) is 4.72. The Kier molecular flexibility index (Phi) is 4.89. The molecule has 158 valence electrons. The summed E-state index contributed by atoms with van der Waals surface area (Å²) in [6.45, 7) is 4.19. The predicted octanol–water partition coefficient (Wildman–Crippen LogP) is 2.50. The lowest BCUT2D eigenvalue weighted by Crippen LogP contribution is -2.51. The Morgan fingerprint density at radius 3 is 2.83 bits per heavy atom. The second kappa shape index (κ2) is 7.46. The third-order valence-corrected chi connectivity index (χ3v) is 6.99. The molecule has 9 heteroatoms. The SMILES string of the molecule is C[C@@H]1OCC2(CCN(c3ncc(-c4cc5[nH]ncc5cc4Cl)nc3CO)CC2)[C@@H]1N. The minimum Gasteiger partial charge on any atom is -0.390 e. The van der Waals surface area contributed by atoms with Gasteiger partial charge in [-0.2, -0.15) is 5.10 Å². The zero-order valence-electron chi connectivity index (χ0n) is 16.8. The van der Waals surface area contributed by atoms with Crippen LogP contribution in [0.1, 0.15) is 25.5 Å². The number of nitrogens with two attached hydrogens (primary N) is 1. The number of aliphatic hydroxyl groups excluding tert-OH is 1. The Balaban J connectivity index is 1.41. The molecule has 1 aromatic carbocycles. The fourth-order valence-corrected chi connectivity index (χ4v) is 4.99. The number of anilines is 1. The lowest BCUT2D eigenvalue weighted by molar-refractivity contribution is 0.0973. The summed E-state index contributed by atoms with van der Waals surface area (Å²) in [4.78, 5) is 11.5. The number of rotatable bonds is 3. The highest BCUT2D eigenvalue weighted by Gasteiger charge is 2.47. The molecule has 2 atom stereocenters. The van der Waals surface area contributed by atoms with Gasteiger partial charge in [-0.3, -0.25) is 5.10 Å². The number of ether oxygens (including phenoxy) is 1. The number of hydrogen-bond acceptors (Lipinski definition) is 7. The number of aliphatic hydroxyl groups is 1. The summed E-state index contributed by atoms with van der Waals surface area (Å²) in [5, 5.41) is 18.5. The van der Waals surface area contributed by atoms with E-state index in [-0.39, 0.29) is 24.2 Å². The first-order valence-corrected chi connectivity index (χ1v) is 10.6. The van der Waals surface area contributed by atoms with Crippen molar-refractivity contribution in [2.24, 2.45) is 11.1 Å². The standard InChI is InChI=1S/C21H25ClN6O2/c1-12-19(23)21(11-30-12)2-4-28(5-3-21)20-18(10-29)26-17(9-24-20)14-7-16-13(6-15(14)22)8-25-27-16/h6-9,12,19,29H,2-5,10-11,23H2,1H3,(H,25,27)/t12-,19+/m0/s1.